The number of halogens is 3. The van der Waals surface area contributed by atoms with Crippen molar-refractivity contribution in [3.8, 4) is 28.4 Å². The third kappa shape index (κ3) is 8.41. The maximum Gasteiger partial charge on any atom is 0.220 e. The molecule has 5 heterocycles. The van der Waals surface area contributed by atoms with Gasteiger partial charge in [-0.2, -0.15) is 0 Å². The van der Waals surface area contributed by atoms with Gasteiger partial charge in [0.15, 0.2) is 11.6 Å². The maximum absolute atomic E-state index is 15.8. The first kappa shape index (κ1) is 36.4. The molecule has 2 aliphatic heterocycles. The van der Waals surface area contributed by atoms with Crippen molar-refractivity contribution in [3.63, 3.8) is 0 Å². The number of rotatable bonds is 12. The van der Waals surface area contributed by atoms with Crippen LogP contribution in [0.1, 0.15) is 43.7 Å². The first-order chi connectivity index (χ1) is 24.6. The monoisotopic (exact) mass is 734 g/mol. The summed E-state index contributed by atoms with van der Waals surface area (Å²) in [6.07, 6.45) is 6.25. The van der Waals surface area contributed by atoms with Crippen LogP contribution < -0.4 is 20.7 Å². The summed E-state index contributed by atoms with van der Waals surface area (Å²) in [6.45, 7) is 4.55. The van der Waals surface area contributed by atoms with E-state index in [1.54, 1.807) is 56.8 Å². The second kappa shape index (κ2) is 16.3. The van der Waals surface area contributed by atoms with Gasteiger partial charge in [0.05, 0.1) is 34.2 Å². The van der Waals surface area contributed by atoms with Crippen LogP contribution in [0.4, 0.5) is 15.9 Å². The van der Waals surface area contributed by atoms with E-state index in [0.29, 0.717) is 88.8 Å². The number of piperidine rings is 1. The number of likely N-dealkylation sites (tertiary alicyclic amines) is 1. The van der Waals surface area contributed by atoms with Gasteiger partial charge >= 0.3 is 0 Å². The van der Waals surface area contributed by atoms with Gasteiger partial charge in [-0.3, -0.25) is 19.5 Å². The molecule has 1 atom stereocenters. The molecule has 0 saturated carbocycles. The number of anilines is 2. The normalized spacial score (nSPS) is 16.4. The highest BCUT2D eigenvalue weighted by atomic mass is 35.5. The van der Waals surface area contributed by atoms with Gasteiger partial charge in [-0.25, -0.2) is 14.4 Å². The van der Waals surface area contributed by atoms with Crippen molar-refractivity contribution in [2.24, 2.45) is 0 Å². The van der Waals surface area contributed by atoms with Gasteiger partial charge < -0.3 is 25.6 Å². The molecule has 51 heavy (non-hydrogen) atoms. The van der Waals surface area contributed by atoms with Crippen molar-refractivity contribution in [2.45, 2.75) is 57.8 Å². The summed E-state index contributed by atoms with van der Waals surface area (Å²) in [5, 5.41) is 10.1. The minimum atomic E-state index is -0.464. The topological polar surface area (TPSA) is 125 Å². The molecule has 0 unspecified atom stereocenters. The minimum Gasteiger partial charge on any atom is -0.481 e. The summed E-state index contributed by atoms with van der Waals surface area (Å²) in [7, 11) is 3.54. The molecule has 3 N–H and O–H groups in total. The number of methoxy groups -OCH3 is 1. The Morgan fingerprint density at radius 1 is 1.04 bits per heavy atom. The van der Waals surface area contributed by atoms with Crippen LogP contribution in [0.2, 0.25) is 10.0 Å². The van der Waals surface area contributed by atoms with Crippen molar-refractivity contribution in [3.05, 3.63) is 81.8 Å². The van der Waals surface area contributed by atoms with E-state index >= 15 is 4.39 Å². The molecule has 14 heteroatoms. The zero-order valence-electron chi connectivity index (χ0n) is 28.8. The van der Waals surface area contributed by atoms with E-state index in [-0.39, 0.29) is 29.7 Å². The van der Waals surface area contributed by atoms with Crippen molar-refractivity contribution in [2.75, 3.05) is 39.1 Å². The number of amides is 2. The van der Waals surface area contributed by atoms with Gasteiger partial charge in [0.2, 0.25) is 17.7 Å². The van der Waals surface area contributed by atoms with E-state index in [1.165, 1.54) is 0 Å². The summed E-state index contributed by atoms with van der Waals surface area (Å²) in [6, 6.07) is 12.9. The molecule has 0 radical (unpaired) electrons. The maximum atomic E-state index is 15.8. The summed E-state index contributed by atoms with van der Waals surface area (Å²) in [5.41, 5.74) is 4.03. The smallest absolute Gasteiger partial charge is 0.220 e. The van der Waals surface area contributed by atoms with Gasteiger partial charge in [-0.15, -0.1) is 0 Å². The molecule has 1 aromatic carbocycles. The van der Waals surface area contributed by atoms with Crippen LogP contribution in [0.15, 0.2) is 54.9 Å². The van der Waals surface area contributed by atoms with E-state index in [1.807, 2.05) is 24.1 Å². The lowest BCUT2D eigenvalue weighted by molar-refractivity contribution is -0.130. The van der Waals surface area contributed by atoms with E-state index in [9.17, 15) is 9.59 Å². The van der Waals surface area contributed by atoms with Crippen LogP contribution in [-0.2, 0) is 22.7 Å². The van der Waals surface area contributed by atoms with Crippen molar-refractivity contribution >= 4 is 46.5 Å². The number of pyridine rings is 3. The Kier molecular flexibility index (Phi) is 11.7. The molecule has 268 valence electrons. The lowest BCUT2D eigenvalue weighted by Gasteiger charge is -2.36. The highest BCUT2D eigenvalue weighted by Crippen LogP contribution is 2.41. The molecule has 6 rings (SSSR count). The van der Waals surface area contributed by atoms with E-state index in [4.69, 9.17) is 32.9 Å². The SMILES string of the molecule is COc1nc(-c2ccnc(-c3cccc(Nc4nccc(CN(C)C5CCN(C(C)=O)CC5)c4F)c3Cl)c2Cl)ccc1CNC[C@@H]1CCC(=O)N1. The Bertz CT molecular complexity index is 1910. The van der Waals surface area contributed by atoms with Gasteiger partial charge in [0.25, 0.3) is 0 Å². The Labute approximate surface area is 306 Å². The second-order valence-corrected chi connectivity index (χ2v) is 13.7. The molecule has 0 aliphatic carbocycles. The third-order valence-corrected chi connectivity index (χ3v) is 10.3. The third-order valence-electron chi connectivity index (χ3n) is 9.52. The molecule has 0 spiro atoms. The second-order valence-electron chi connectivity index (χ2n) is 12.9. The molecule has 0 bridgehead atoms. The lowest BCUT2D eigenvalue weighted by atomic mass is 10.0. The number of ether oxygens (including phenoxy) is 1. The molecule has 3 aromatic heterocycles. The molecule has 2 fully saturated rings. The fraction of sp³-hybridized carbons (Fsp3) is 0.378. The van der Waals surface area contributed by atoms with E-state index in [2.05, 4.69) is 30.8 Å². The zero-order chi connectivity index (χ0) is 36.1. The first-order valence-electron chi connectivity index (χ1n) is 17.0. The van der Waals surface area contributed by atoms with Crippen molar-refractivity contribution in [1.82, 2.24) is 35.4 Å². The largest absolute Gasteiger partial charge is 0.481 e. The zero-order valence-corrected chi connectivity index (χ0v) is 30.3. The number of hydrogen-bond acceptors (Lipinski definition) is 9. The molecule has 2 aliphatic rings. The highest BCUT2D eigenvalue weighted by molar-refractivity contribution is 6.39. The van der Waals surface area contributed by atoms with Crippen molar-refractivity contribution < 1.29 is 18.7 Å². The Morgan fingerprint density at radius 3 is 2.55 bits per heavy atom. The van der Waals surface area contributed by atoms with Gasteiger partial charge in [-0.1, -0.05) is 41.4 Å². The minimum absolute atomic E-state index is 0.0537. The molecule has 2 amide bonds. The van der Waals surface area contributed by atoms with Crippen LogP contribution >= 0.6 is 23.2 Å². The number of nitrogens with one attached hydrogen (secondary N) is 3. The Balaban J connectivity index is 1.17. The van der Waals surface area contributed by atoms with Crippen LogP contribution in [0.3, 0.4) is 0 Å². The number of aromatic nitrogens is 3. The predicted octanol–water partition coefficient (Wildman–Crippen LogP) is 6.21. The average Bonchev–Trinajstić information content (AvgIpc) is 3.55. The number of benzene rings is 1. The summed E-state index contributed by atoms with van der Waals surface area (Å²) in [5.74, 6) is 0.211. The van der Waals surface area contributed by atoms with Crippen molar-refractivity contribution in [1.29, 1.82) is 0 Å². The fourth-order valence-corrected chi connectivity index (χ4v) is 7.20. The van der Waals surface area contributed by atoms with E-state index in [0.717, 1.165) is 24.8 Å². The van der Waals surface area contributed by atoms with Crippen LogP contribution in [0, 0.1) is 5.82 Å². The fourth-order valence-electron chi connectivity index (χ4n) is 6.62. The standard InChI is InChI=1S/C37H41Cl2FN8O3/c1-22(49)48-17-13-26(14-18-48)47(2)21-24-11-15-43-36(34(24)40)45-30-6-4-5-28(32(30)38)35-33(39)27(12-16-42-35)29-9-7-23(37(46-29)51-3)19-41-20-25-8-10-31(50)44-25/h4-7,9,11-12,15-16,25-26,41H,8,10,13-14,17-21H2,1-3H3,(H,43,45)(H,44,50)/t25-/m0/s1. The molecule has 4 aromatic rings. The summed E-state index contributed by atoms with van der Waals surface area (Å²) >= 11 is 13.9. The van der Waals surface area contributed by atoms with Gasteiger partial charge in [0, 0.05) is 92.8 Å². The van der Waals surface area contributed by atoms with Crippen LogP contribution in [-0.4, -0.2) is 82.4 Å². The molecular formula is C37H41Cl2FN8O3. The van der Waals surface area contributed by atoms with E-state index < -0.39 is 5.82 Å². The lowest BCUT2D eigenvalue weighted by Crippen LogP contribution is -2.44. The number of carbonyl (C=O) groups excluding carboxylic acids is 2. The Hall–Kier alpha value is -4.36. The molecular weight excluding hydrogens is 694 g/mol. The van der Waals surface area contributed by atoms with Crippen LogP contribution in [0.25, 0.3) is 22.5 Å². The predicted molar refractivity (Wildman–Crippen MR) is 197 cm³/mol. The highest BCUT2D eigenvalue weighted by Gasteiger charge is 2.25. The van der Waals surface area contributed by atoms with Gasteiger partial charge in [-0.05, 0) is 50.6 Å². The quantitative estimate of drug-likeness (QED) is 0.156. The number of carbonyl (C=O) groups is 2. The Morgan fingerprint density at radius 2 is 1.82 bits per heavy atom. The number of hydrogen-bond donors (Lipinski definition) is 3. The molecule has 2 saturated heterocycles. The first-order valence-corrected chi connectivity index (χ1v) is 17.7. The van der Waals surface area contributed by atoms with Crippen LogP contribution in [0.5, 0.6) is 5.88 Å². The molecule has 11 nitrogen and oxygen atoms in total. The van der Waals surface area contributed by atoms with Gasteiger partial charge in [0.1, 0.15) is 0 Å². The average molecular weight is 736 g/mol. The number of nitrogens with zero attached hydrogens (tertiary/aromatic N) is 5. The summed E-state index contributed by atoms with van der Waals surface area (Å²) in [4.78, 5) is 40.8. The summed E-state index contributed by atoms with van der Waals surface area (Å²) < 4.78 is 21.5.